The molecule has 1 aromatic heterocycles. The minimum Gasteiger partial charge on any atom is -0.444 e. The zero-order valence-corrected chi connectivity index (χ0v) is 10.0. The summed E-state index contributed by atoms with van der Waals surface area (Å²) in [6.45, 7) is 2.24. The van der Waals surface area contributed by atoms with Crippen LogP contribution < -0.4 is 11.1 Å². The average molecular weight is 284 g/mol. The number of carbonyl (C=O) groups excluding carboxylic acids is 1. The van der Waals surface area contributed by atoms with Crippen LogP contribution in [0.5, 0.6) is 0 Å². The van der Waals surface area contributed by atoms with Crippen molar-refractivity contribution >= 4 is 34.2 Å². The molecule has 0 aliphatic heterocycles. The molecule has 0 fully saturated rings. The van der Waals surface area contributed by atoms with Gasteiger partial charge >= 0.3 is 0 Å². The smallest absolute Gasteiger partial charge is 0.287 e. The molecule has 0 bridgehead atoms. The molecule has 4 nitrogen and oxygen atoms in total. The highest BCUT2D eigenvalue weighted by molar-refractivity contribution is 9.10. The molecule has 0 radical (unpaired) electrons. The molecule has 0 unspecified atom stereocenters. The molecule has 1 atom stereocenters. The molecule has 1 amide bonds. The number of amides is 1. The van der Waals surface area contributed by atoms with Crippen molar-refractivity contribution in [2.75, 3.05) is 6.54 Å². The van der Waals surface area contributed by atoms with E-state index in [-0.39, 0.29) is 30.1 Å². The summed E-state index contributed by atoms with van der Waals surface area (Å²) in [7, 11) is 0. The van der Waals surface area contributed by atoms with Gasteiger partial charge in [0.2, 0.25) is 0 Å². The minimum atomic E-state index is -0.247. The van der Waals surface area contributed by atoms with Crippen LogP contribution in [0.2, 0.25) is 0 Å². The van der Waals surface area contributed by atoms with Crippen LogP contribution in [0.1, 0.15) is 17.5 Å². The predicted molar refractivity (Wildman–Crippen MR) is 59.6 cm³/mol. The monoisotopic (exact) mass is 282 g/mol. The van der Waals surface area contributed by atoms with Crippen LogP contribution in [-0.4, -0.2) is 18.5 Å². The van der Waals surface area contributed by atoms with Gasteiger partial charge in [-0.3, -0.25) is 4.79 Å². The Hall–Kier alpha value is -0.520. The van der Waals surface area contributed by atoms with Crippen molar-refractivity contribution in [3.63, 3.8) is 0 Å². The maximum absolute atomic E-state index is 11.3. The summed E-state index contributed by atoms with van der Waals surface area (Å²) >= 11 is 3.11. The Morgan fingerprint density at radius 1 is 1.71 bits per heavy atom. The second-order valence-corrected chi connectivity index (χ2v) is 3.50. The topological polar surface area (TPSA) is 68.3 Å². The zero-order chi connectivity index (χ0) is 9.84. The number of carbonyl (C=O) groups is 1. The largest absolute Gasteiger partial charge is 0.444 e. The number of furan rings is 1. The molecule has 0 aliphatic carbocycles. The molecule has 1 aromatic rings. The van der Waals surface area contributed by atoms with Gasteiger partial charge in [0.1, 0.15) is 0 Å². The van der Waals surface area contributed by atoms with Crippen LogP contribution in [0.4, 0.5) is 0 Å². The Balaban J connectivity index is 0.00000169. The van der Waals surface area contributed by atoms with Crippen LogP contribution in [0.3, 0.4) is 0 Å². The van der Waals surface area contributed by atoms with E-state index >= 15 is 0 Å². The van der Waals surface area contributed by atoms with Crippen molar-refractivity contribution in [2.24, 2.45) is 5.73 Å². The number of hydrogen-bond acceptors (Lipinski definition) is 3. The van der Waals surface area contributed by atoms with Gasteiger partial charge in [0.25, 0.3) is 5.91 Å². The molecule has 0 saturated carbocycles. The first-order chi connectivity index (χ1) is 6.13. The van der Waals surface area contributed by atoms with Crippen molar-refractivity contribution in [1.82, 2.24) is 5.32 Å². The highest BCUT2D eigenvalue weighted by Gasteiger charge is 2.11. The first-order valence-electron chi connectivity index (χ1n) is 3.89. The van der Waals surface area contributed by atoms with Crippen LogP contribution >= 0.6 is 28.3 Å². The van der Waals surface area contributed by atoms with E-state index in [2.05, 4.69) is 21.2 Å². The van der Waals surface area contributed by atoms with Gasteiger partial charge in [-0.05, 0) is 35.0 Å². The summed E-state index contributed by atoms with van der Waals surface area (Å²) in [4.78, 5) is 11.3. The van der Waals surface area contributed by atoms with Crippen LogP contribution in [0, 0.1) is 0 Å². The third kappa shape index (κ3) is 3.69. The number of nitrogens with one attached hydrogen (secondary N) is 1. The van der Waals surface area contributed by atoms with Crippen LogP contribution in [0.15, 0.2) is 21.2 Å². The SMILES string of the molecule is C[C@@H](CN)NC(=O)c1ccc(Br)o1.Cl. The Bertz CT molecular complexity index is 303. The maximum Gasteiger partial charge on any atom is 0.287 e. The summed E-state index contributed by atoms with van der Waals surface area (Å²) < 4.78 is 5.59. The van der Waals surface area contributed by atoms with E-state index in [0.29, 0.717) is 11.2 Å². The Morgan fingerprint density at radius 2 is 2.36 bits per heavy atom. The van der Waals surface area contributed by atoms with Gasteiger partial charge < -0.3 is 15.5 Å². The van der Waals surface area contributed by atoms with Crippen LogP contribution in [0.25, 0.3) is 0 Å². The first-order valence-corrected chi connectivity index (χ1v) is 4.69. The summed E-state index contributed by atoms with van der Waals surface area (Å²) in [6, 6.07) is 3.22. The lowest BCUT2D eigenvalue weighted by atomic mass is 10.3. The maximum atomic E-state index is 11.3. The highest BCUT2D eigenvalue weighted by atomic mass is 79.9. The predicted octanol–water partition coefficient (Wildman–Crippen LogP) is 1.54. The van der Waals surface area contributed by atoms with Gasteiger partial charge in [0.15, 0.2) is 10.4 Å². The van der Waals surface area contributed by atoms with Crippen molar-refractivity contribution in [3.05, 3.63) is 22.6 Å². The lowest BCUT2D eigenvalue weighted by molar-refractivity contribution is 0.0912. The number of rotatable bonds is 3. The number of nitrogens with two attached hydrogens (primary N) is 1. The van der Waals surface area contributed by atoms with Crippen molar-refractivity contribution in [2.45, 2.75) is 13.0 Å². The van der Waals surface area contributed by atoms with Gasteiger partial charge in [-0.15, -0.1) is 12.4 Å². The molecule has 1 heterocycles. The number of hydrogen-bond donors (Lipinski definition) is 2. The van der Waals surface area contributed by atoms with E-state index in [1.54, 1.807) is 12.1 Å². The normalized spacial score (nSPS) is 11.6. The molecule has 0 spiro atoms. The molecule has 6 heteroatoms. The highest BCUT2D eigenvalue weighted by Crippen LogP contribution is 2.13. The van der Waals surface area contributed by atoms with Gasteiger partial charge in [0, 0.05) is 12.6 Å². The molecule has 14 heavy (non-hydrogen) atoms. The van der Waals surface area contributed by atoms with Gasteiger partial charge in [0.05, 0.1) is 0 Å². The Labute approximate surface area is 96.8 Å². The third-order valence-electron chi connectivity index (χ3n) is 1.53. The molecule has 3 N–H and O–H groups in total. The molecule has 1 rings (SSSR count). The van der Waals surface area contributed by atoms with Crippen molar-refractivity contribution in [3.8, 4) is 0 Å². The second-order valence-electron chi connectivity index (χ2n) is 2.71. The lowest BCUT2D eigenvalue weighted by Crippen LogP contribution is -2.37. The van der Waals surface area contributed by atoms with E-state index < -0.39 is 0 Å². The van der Waals surface area contributed by atoms with Gasteiger partial charge in [-0.25, -0.2) is 0 Å². The van der Waals surface area contributed by atoms with Crippen molar-refractivity contribution in [1.29, 1.82) is 0 Å². The fourth-order valence-corrected chi connectivity index (χ4v) is 1.10. The van der Waals surface area contributed by atoms with Crippen LogP contribution in [-0.2, 0) is 0 Å². The summed E-state index contributed by atoms with van der Waals surface area (Å²) in [5.41, 5.74) is 5.35. The van der Waals surface area contributed by atoms with Gasteiger partial charge in [-0.1, -0.05) is 0 Å². The summed E-state index contributed by atoms with van der Waals surface area (Å²) in [5.74, 6) is 0.0378. The summed E-state index contributed by atoms with van der Waals surface area (Å²) in [5, 5.41) is 2.68. The third-order valence-corrected chi connectivity index (χ3v) is 1.95. The molecule has 80 valence electrons. The molecule has 0 saturated heterocycles. The van der Waals surface area contributed by atoms with E-state index in [4.69, 9.17) is 10.2 Å². The fourth-order valence-electron chi connectivity index (χ4n) is 0.790. The van der Waals surface area contributed by atoms with Crippen molar-refractivity contribution < 1.29 is 9.21 Å². The molecule has 0 aliphatic rings. The van der Waals surface area contributed by atoms with E-state index in [1.165, 1.54) is 0 Å². The van der Waals surface area contributed by atoms with E-state index in [0.717, 1.165) is 0 Å². The zero-order valence-electron chi connectivity index (χ0n) is 7.62. The lowest BCUT2D eigenvalue weighted by Gasteiger charge is -2.08. The molecular weight excluding hydrogens is 271 g/mol. The summed E-state index contributed by atoms with van der Waals surface area (Å²) in [6.07, 6.45) is 0. The van der Waals surface area contributed by atoms with E-state index in [1.807, 2.05) is 6.92 Å². The Kier molecular flexibility index (Phi) is 5.83. The quantitative estimate of drug-likeness (QED) is 0.884. The minimum absolute atomic E-state index is 0. The molecule has 0 aromatic carbocycles. The van der Waals surface area contributed by atoms with Gasteiger partial charge in [-0.2, -0.15) is 0 Å². The number of halogens is 2. The standard InChI is InChI=1S/C8H11BrN2O2.ClH/c1-5(4-10)11-8(12)6-2-3-7(9)13-6;/h2-3,5H,4,10H2,1H3,(H,11,12);1H/t5-;/m0./s1. The van der Waals surface area contributed by atoms with E-state index in [9.17, 15) is 4.79 Å². The average Bonchev–Trinajstić information content (AvgIpc) is 2.51. The fraction of sp³-hybridized carbons (Fsp3) is 0.375. The Morgan fingerprint density at radius 3 is 2.79 bits per heavy atom. The molecular formula is C8H12BrClN2O2. The first kappa shape index (κ1) is 13.5. The second kappa shape index (κ2) is 6.06.